The molecule has 0 atom stereocenters. The zero-order valence-corrected chi connectivity index (χ0v) is 13.1. The summed E-state index contributed by atoms with van der Waals surface area (Å²) in [5, 5.41) is 7.45. The summed E-state index contributed by atoms with van der Waals surface area (Å²) >= 11 is 3.44. The SMILES string of the molecule is COc1ccc(NCc2cc(-c3cccs3)cs2)cc1F. The first-order chi connectivity index (χ1) is 10.3. The quantitative estimate of drug-likeness (QED) is 0.694. The standard InChI is InChI=1S/C16H14FNOS2/c1-19-15-5-4-12(8-14(15)17)18-9-13-7-11(10-21-13)16-3-2-6-20-16/h2-8,10,18H,9H2,1H3. The van der Waals surface area contributed by atoms with E-state index < -0.39 is 0 Å². The topological polar surface area (TPSA) is 21.3 Å². The first-order valence-corrected chi connectivity index (χ1v) is 8.21. The van der Waals surface area contributed by atoms with E-state index in [0.29, 0.717) is 6.54 Å². The summed E-state index contributed by atoms with van der Waals surface area (Å²) < 4.78 is 18.5. The number of methoxy groups -OCH3 is 1. The molecule has 1 N–H and O–H groups in total. The van der Waals surface area contributed by atoms with Gasteiger partial charge in [-0.05, 0) is 35.0 Å². The molecule has 5 heteroatoms. The van der Waals surface area contributed by atoms with Crippen LogP contribution in [0.2, 0.25) is 0 Å². The molecule has 0 aliphatic heterocycles. The molecule has 21 heavy (non-hydrogen) atoms. The Balaban J connectivity index is 1.66. The highest BCUT2D eigenvalue weighted by Gasteiger charge is 2.05. The Labute approximate surface area is 130 Å². The summed E-state index contributed by atoms with van der Waals surface area (Å²) in [4.78, 5) is 2.49. The van der Waals surface area contributed by atoms with Crippen molar-refractivity contribution < 1.29 is 9.13 Å². The number of rotatable bonds is 5. The lowest BCUT2D eigenvalue weighted by atomic mass is 10.2. The molecule has 0 aliphatic rings. The van der Waals surface area contributed by atoms with Crippen LogP contribution in [0.5, 0.6) is 5.75 Å². The molecule has 108 valence electrons. The van der Waals surface area contributed by atoms with E-state index in [-0.39, 0.29) is 11.6 Å². The van der Waals surface area contributed by atoms with E-state index in [0.717, 1.165) is 5.69 Å². The van der Waals surface area contributed by atoms with Gasteiger partial charge in [-0.15, -0.1) is 22.7 Å². The fourth-order valence-electron chi connectivity index (χ4n) is 2.01. The van der Waals surface area contributed by atoms with Crippen LogP contribution in [-0.4, -0.2) is 7.11 Å². The van der Waals surface area contributed by atoms with Gasteiger partial charge in [0.1, 0.15) is 0 Å². The van der Waals surface area contributed by atoms with Crippen molar-refractivity contribution in [3.63, 3.8) is 0 Å². The van der Waals surface area contributed by atoms with Gasteiger partial charge in [-0.25, -0.2) is 4.39 Å². The van der Waals surface area contributed by atoms with Crippen LogP contribution in [0.15, 0.2) is 47.2 Å². The van der Waals surface area contributed by atoms with Gasteiger partial charge in [-0.2, -0.15) is 0 Å². The van der Waals surface area contributed by atoms with E-state index in [9.17, 15) is 4.39 Å². The van der Waals surface area contributed by atoms with Crippen LogP contribution in [0.25, 0.3) is 10.4 Å². The highest BCUT2D eigenvalue weighted by molar-refractivity contribution is 7.14. The number of anilines is 1. The highest BCUT2D eigenvalue weighted by Crippen LogP contribution is 2.29. The molecule has 2 aromatic heterocycles. The second kappa shape index (κ2) is 6.28. The van der Waals surface area contributed by atoms with Crippen molar-refractivity contribution in [3.8, 4) is 16.2 Å². The molecule has 1 aromatic carbocycles. The number of benzene rings is 1. The monoisotopic (exact) mass is 319 g/mol. The Kier molecular flexibility index (Phi) is 4.22. The zero-order valence-electron chi connectivity index (χ0n) is 11.4. The predicted molar refractivity (Wildman–Crippen MR) is 87.9 cm³/mol. The Morgan fingerprint density at radius 2 is 2.10 bits per heavy atom. The molecule has 0 radical (unpaired) electrons. The third-order valence-electron chi connectivity index (χ3n) is 3.08. The van der Waals surface area contributed by atoms with Crippen molar-refractivity contribution in [1.82, 2.24) is 0 Å². The first kappa shape index (κ1) is 14.1. The number of hydrogen-bond donors (Lipinski definition) is 1. The average molecular weight is 319 g/mol. The minimum absolute atomic E-state index is 0.261. The van der Waals surface area contributed by atoms with Crippen molar-refractivity contribution in [1.29, 1.82) is 0 Å². The Bertz CT molecular complexity index is 722. The number of ether oxygens (including phenoxy) is 1. The third-order valence-corrected chi connectivity index (χ3v) is 4.93. The van der Waals surface area contributed by atoms with E-state index in [4.69, 9.17) is 4.74 Å². The zero-order chi connectivity index (χ0) is 14.7. The van der Waals surface area contributed by atoms with Crippen LogP contribution >= 0.6 is 22.7 Å². The molecular formula is C16H14FNOS2. The molecule has 0 bridgehead atoms. The maximum Gasteiger partial charge on any atom is 0.167 e. The maximum atomic E-state index is 13.6. The van der Waals surface area contributed by atoms with Gasteiger partial charge in [0, 0.05) is 33.6 Å². The molecule has 0 unspecified atom stereocenters. The van der Waals surface area contributed by atoms with Gasteiger partial charge in [-0.1, -0.05) is 6.07 Å². The lowest BCUT2D eigenvalue weighted by Crippen LogP contribution is -1.98. The number of thiophene rings is 2. The van der Waals surface area contributed by atoms with Crippen LogP contribution < -0.4 is 10.1 Å². The molecule has 0 fully saturated rings. The van der Waals surface area contributed by atoms with E-state index >= 15 is 0 Å². The van der Waals surface area contributed by atoms with Gasteiger partial charge in [0.2, 0.25) is 0 Å². The predicted octanol–water partition coefficient (Wildman–Crippen LogP) is 5.24. The third kappa shape index (κ3) is 3.25. The fraction of sp³-hybridized carbons (Fsp3) is 0.125. The first-order valence-electron chi connectivity index (χ1n) is 6.45. The second-order valence-electron chi connectivity index (χ2n) is 4.48. The largest absolute Gasteiger partial charge is 0.494 e. The van der Waals surface area contributed by atoms with E-state index in [1.54, 1.807) is 28.7 Å². The van der Waals surface area contributed by atoms with Crippen LogP contribution in [0.3, 0.4) is 0 Å². The van der Waals surface area contributed by atoms with Crippen molar-refractivity contribution in [2.75, 3.05) is 12.4 Å². The Morgan fingerprint density at radius 3 is 2.81 bits per heavy atom. The molecule has 0 saturated carbocycles. The minimum Gasteiger partial charge on any atom is -0.494 e. The maximum absolute atomic E-state index is 13.6. The number of hydrogen-bond acceptors (Lipinski definition) is 4. The second-order valence-corrected chi connectivity index (χ2v) is 6.43. The van der Waals surface area contributed by atoms with Gasteiger partial charge >= 0.3 is 0 Å². The molecule has 0 amide bonds. The summed E-state index contributed by atoms with van der Waals surface area (Å²) in [6, 6.07) is 11.2. The number of nitrogens with one attached hydrogen (secondary N) is 1. The van der Waals surface area contributed by atoms with E-state index in [1.165, 1.54) is 28.5 Å². The molecule has 3 aromatic rings. The molecule has 0 saturated heterocycles. The highest BCUT2D eigenvalue weighted by atomic mass is 32.1. The lowest BCUT2D eigenvalue weighted by Gasteiger charge is -2.07. The van der Waals surface area contributed by atoms with Crippen LogP contribution in [-0.2, 0) is 6.54 Å². The summed E-state index contributed by atoms with van der Waals surface area (Å²) in [6.45, 7) is 0.682. The molecular weight excluding hydrogens is 305 g/mol. The van der Waals surface area contributed by atoms with Gasteiger partial charge in [0.05, 0.1) is 7.11 Å². The van der Waals surface area contributed by atoms with Crippen molar-refractivity contribution in [2.24, 2.45) is 0 Å². The van der Waals surface area contributed by atoms with Crippen molar-refractivity contribution in [2.45, 2.75) is 6.54 Å². The molecule has 2 heterocycles. The fourth-order valence-corrected chi connectivity index (χ4v) is 3.62. The summed E-state index contributed by atoms with van der Waals surface area (Å²) in [7, 11) is 1.46. The molecule has 2 nitrogen and oxygen atoms in total. The van der Waals surface area contributed by atoms with Crippen molar-refractivity contribution >= 4 is 28.4 Å². The van der Waals surface area contributed by atoms with Gasteiger partial charge in [0.15, 0.2) is 11.6 Å². The van der Waals surface area contributed by atoms with Crippen LogP contribution in [0.4, 0.5) is 10.1 Å². The summed E-state index contributed by atoms with van der Waals surface area (Å²) in [6.07, 6.45) is 0. The lowest BCUT2D eigenvalue weighted by molar-refractivity contribution is 0.386. The van der Waals surface area contributed by atoms with Gasteiger partial charge < -0.3 is 10.1 Å². The normalized spacial score (nSPS) is 10.6. The summed E-state index contributed by atoms with van der Waals surface area (Å²) in [5.74, 6) is -0.0930. The van der Waals surface area contributed by atoms with Gasteiger partial charge in [-0.3, -0.25) is 0 Å². The average Bonchev–Trinajstić information content (AvgIpc) is 3.16. The minimum atomic E-state index is -0.354. The molecule has 3 rings (SSSR count). The van der Waals surface area contributed by atoms with E-state index in [1.807, 2.05) is 6.07 Å². The Morgan fingerprint density at radius 1 is 1.19 bits per heavy atom. The molecule has 0 spiro atoms. The van der Waals surface area contributed by atoms with Crippen LogP contribution in [0.1, 0.15) is 4.88 Å². The smallest absolute Gasteiger partial charge is 0.167 e. The number of halogens is 1. The molecule has 0 aliphatic carbocycles. The van der Waals surface area contributed by atoms with Gasteiger partial charge in [0.25, 0.3) is 0 Å². The summed E-state index contributed by atoms with van der Waals surface area (Å²) in [5.41, 5.74) is 1.99. The van der Waals surface area contributed by atoms with Crippen molar-refractivity contribution in [3.05, 3.63) is 57.9 Å². The van der Waals surface area contributed by atoms with Crippen LogP contribution in [0, 0.1) is 5.82 Å². The Hall–Kier alpha value is -1.85. The van der Waals surface area contributed by atoms with E-state index in [2.05, 4.69) is 34.3 Å².